The summed E-state index contributed by atoms with van der Waals surface area (Å²) in [6.07, 6.45) is 1.51. The Hall–Kier alpha value is -2.65. The van der Waals surface area contributed by atoms with Gasteiger partial charge in [-0.25, -0.2) is 4.98 Å². The van der Waals surface area contributed by atoms with Gasteiger partial charge in [0.1, 0.15) is 29.1 Å². The van der Waals surface area contributed by atoms with Crippen molar-refractivity contribution >= 4 is 17.3 Å². The summed E-state index contributed by atoms with van der Waals surface area (Å²) in [7, 11) is 0. The number of aromatic nitrogens is 1. The largest absolute Gasteiger partial charge is 0.489 e. The molecule has 0 N–H and O–H groups in total. The van der Waals surface area contributed by atoms with Crippen molar-refractivity contribution in [2.45, 2.75) is 6.61 Å². The predicted molar refractivity (Wildman–Crippen MR) is 71.4 cm³/mol. The van der Waals surface area contributed by atoms with Crippen LogP contribution in [0.2, 0.25) is 5.02 Å². The van der Waals surface area contributed by atoms with E-state index in [-0.39, 0.29) is 17.3 Å². The molecule has 1 heterocycles. The summed E-state index contributed by atoms with van der Waals surface area (Å²) in [4.78, 5) is 13.9. The number of rotatable bonds is 4. The van der Waals surface area contributed by atoms with Gasteiger partial charge in [-0.05, 0) is 23.8 Å². The van der Waals surface area contributed by atoms with Crippen LogP contribution in [0.3, 0.4) is 0 Å². The zero-order chi connectivity index (χ0) is 14.5. The van der Waals surface area contributed by atoms with Crippen LogP contribution in [0.25, 0.3) is 0 Å². The monoisotopic (exact) mass is 289 g/mol. The third kappa shape index (κ3) is 3.22. The van der Waals surface area contributed by atoms with Crippen LogP contribution in [0.15, 0.2) is 36.5 Å². The topological polar surface area (TPSA) is 89.0 Å². The fourth-order valence-corrected chi connectivity index (χ4v) is 1.76. The van der Waals surface area contributed by atoms with Gasteiger partial charge >= 0.3 is 0 Å². The van der Waals surface area contributed by atoms with Crippen LogP contribution in [0, 0.1) is 21.4 Å². The Labute approximate surface area is 119 Å². The van der Waals surface area contributed by atoms with Gasteiger partial charge in [0.15, 0.2) is 0 Å². The minimum absolute atomic E-state index is 0.0138. The molecule has 0 saturated carbocycles. The lowest BCUT2D eigenvalue weighted by Gasteiger charge is -2.06. The molecule has 6 nitrogen and oxygen atoms in total. The maximum Gasteiger partial charge on any atom is 0.288 e. The molecule has 2 rings (SSSR count). The maximum atomic E-state index is 10.6. The molecule has 2 aromatic rings. The van der Waals surface area contributed by atoms with E-state index in [1.54, 1.807) is 12.1 Å². The first kappa shape index (κ1) is 13.8. The van der Waals surface area contributed by atoms with Crippen LogP contribution in [0.1, 0.15) is 11.3 Å². The summed E-state index contributed by atoms with van der Waals surface area (Å²) >= 11 is 5.78. The zero-order valence-electron chi connectivity index (χ0n) is 10.1. The average molecular weight is 290 g/mol. The van der Waals surface area contributed by atoms with Gasteiger partial charge in [0.05, 0.1) is 4.92 Å². The van der Waals surface area contributed by atoms with E-state index < -0.39 is 4.92 Å². The van der Waals surface area contributed by atoms with Gasteiger partial charge in [0.25, 0.3) is 5.69 Å². The molecule has 0 atom stereocenters. The summed E-state index contributed by atoms with van der Waals surface area (Å²) < 4.78 is 5.46. The smallest absolute Gasteiger partial charge is 0.288 e. The lowest BCUT2D eigenvalue weighted by molar-refractivity contribution is -0.384. The van der Waals surface area contributed by atoms with Crippen molar-refractivity contribution in [3.63, 3.8) is 0 Å². The average Bonchev–Trinajstić information content (AvgIpc) is 2.45. The Morgan fingerprint density at radius 3 is 2.85 bits per heavy atom. The summed E-state index contributed by atoms with van der Waals surface area (Å²) in [5.41, 5.74) is 0.897. The van der Waals surface area contributed by atoms with E-state index in [0.717, 1.165) is 5.56 Å². The minimum Gasteiger partial charge on any atom is -0.489 e. The molecule has 1 aromatic heterocycles. The molecule has 0 aliphatic heterocycles. The molecule has 0 amide bonds. The Kier molecular flexibility index (Phi) is 4.13. The molecular weight excluding hydrogens is 282 g/mol. The number of benzene rings is 1. The quantitative estimate of drug-likeness (QED) is 0.637. The van der Waals surface area contributed by atoms with E-state index in [2.05, 4.69) is 4.98 Å². The van der Waals surface area contributed by atoms with E-state index in [4.69, 9.17) is 21.6 Å². The minimum atomic E-state index is -0.561. The predicted octanol–water partition coefficient (Wildman–Crippen LogP) is 3.09. The van der Waals surface area contributed by atoms with Crippen molar-refractivity contribution in [2.75, 3.05) is 0 Å². The number of hydrogen-bond donors (Lipinski definition) is 0. The van der Waals surface area contributed by atoms with Gasteiger partial charge in [-0.15, -0.1) is 0 Å². The highest BCUT2D eigenvalue weighted by Crippen LogP contribution is 2.28. The second-order valence-corrected chi connectivity index (χ2v) is 4.23. The zero-order valence-corrected chi connectivity index (χ0v) is 10.9. The lowest BCUT2D eigenvalue weighted by atomic mass is 10.2. The molecule has 20 heavy (non-hydrogen) atoms. The van der Waals surface area contributed by atoms with E-state index in [1.807, 2.05) is 6.07 Å². The Morgan fingerprint density at radius 2 is 2.20 bits per heavy atom. The van der Waals surface area contributed by atoms with E-state index >= 15 is 0 Å². The van der Waals surface area contributed by atoms with Crippen molar-refractivity contribution in [1.82, 2.24) is 4.98 Å². The number of hydrogen-bond acceptors (Lipinski definition) is 5. The molecule has 7 heteroatoms. The van der Waals surface area contributed by atoms with Crippen molar-refractivity contribution in [3.05, 3.63) is 62.9 Å². The first-order valence-electron chi connectivity index (χ1n) is 5.52. The van der Waals surface area contributed by atoms with Gasteiger partial charge in [-0.3, -0.25) is 10.1 Å². The number of nitro groups is 1. The number of nitro benzene ring substituents is 1. The number of ether oxygens (including phenoxy) is 1. The SMILES string of the molecule is N#Cc1cc(COc2ccc([N+](=O)[O-])c(Cl)c2)ccn1. The molecule has 100 valence electrons. The van der Waals surface area contributed by atoms with Gasteiger partial charge in [-0.2, -0.15) is 5.26 Å². The van der Waals surface area contributed by atoms with Crippen LogP contribution in [-0.4, -0.2) is 9.91 Å². The summed E-state index contributed by atoms with van der Waals surface area (Å²) in [6.45, 7) is 0.214. The number of nitrogens with zero attached hydrogens (tertiary/aromatic N) is 3. The van der Waals surface area contributed by atoms with Crippen molar-refractivity contribution < 1.29 is 9.66 Å². The molecular formula is C13H8ClN3O3. The van der Waals surface area contributed by atoms with E-state index in [9.17, 15) is 10.1 Å². The van der Waals surface area contributed by atoms with Crippen molar-refractivity contribution in [1.29, 1.82) is 5.26 Å². The third-order valence-electron chi connectivity index (χ3n) is 2.46. The molecule has 0 fully saturated rings. The molecule has 0 bridgehead atoms. The normalized spacial score (nSPS) is 9.80. The highest BCUT2D eigenvalue weighted by atomic mass is 35.5. The number of halogens is 1. The highest BCUT2D eigenvalue weighted by Gasteiger charge is 2.12. The van der Waals surface area contributed by atoms with E-state index in [0.29, 0.717) is 11.4 Å². The van der Waals surface area contributed by atoms with Gasteiger partial charge < -0.3 is 4.74 Å². The van der Waals surface area contributed by atoms with Crippen LogP contribution >= 0.6 is 11.6 Å². The summed E-state index contributed by atoms with van der Waals surface area (Å²) in [6, 6.07) is 9.38. The van der Waals surface area contributed by atoms with E-state index in [1.165, 1.54) is 24.4 Å². The first-order chi connectivity index (χ1) is 9.60. The van der Waals surface area contributed by atoms with Crippen LogP contribution in [-0.2, 0) is 6.61 Å². The van der Waals surface area contributed by atoms with Crippen molar-refractivity contribution in [2.24, 2.45) is 0 Å². The summed E-state index contributed by atoms with van der Waals surface area (Å²) in [5, 5.41) is 19.4. The fraction of sp³-hybridized carbons (Fsp3) is 0.0769. The second kappa shape index (κ2) is 5.99. The second-order valence-electron chi connectivity index (χ2n) is 3.82. The number of pyridine rings is 1. The molecule has 0 saturated heterocycles. The molecule has 1 aromatic carbocycles. The molecule has 0 spiro atoms. The summed E-state index contributed by atoms with van der Waals surface area (Å²) in [5.74, 6) is 0.413. The van der Waals surface area contributed by atoms with Gasteiger partial charge in [0, 0.05) is 18.3 Å². The van der Waals surface area contributed by atoms with Gasteiger partial charge in [0.2, 0.25) is 0 Å². The molecule has 0 unspecified atom stereocenters. The Morgan fingerprint density at radius 1 is 1.40 bits per heavy atom. The van der Waals surface area contributed by atoms with Crippen LogP contribution in [0.5, 0.6) is 5.75 Å². The van der Waals surface area contributed by atoms with Crippen molar-refractivity contribution in [3.8, 4) is 11.8 Å². The standard InChI is InChI=1S/C13H8ClN3O3/c14-12-6-11(1-2-13(12)17(18)19)20-8-9-3-4-16-10(5-9)7-15/h1-6H,8H2. The Balaban J connectivity index is 2.09. The van der Waals surface area contributed by atoms with Crippen LogP contribution < -0.4 is 4.74 Å². The molecule has 0 radical (unpaired) electrons. The lowest BCUT2D eigenvalue weighted by Crippen LogP contribution is -1.97. The Bertz CT molecular complexity index is 698. The van der Waals surface area contributed by atoms with Gasteiger partial charge in [-0.1, -0.05) is 11.6 Å². The number of nitriles is 1. The molecule has 0 aliphatic rings. The fourth-order valence-electron chi connectivity index (χ4n) is 1.52. The van der Waals surface area contributed by atoms with Crippen LogP contribution in [0.4, 0.5) is 5.69 Å². The first-order valence-corrected chi connectivity index (χ1v) is 5.89. The highest BCUT2D eigenvalue weighted by molar-refractivity contribution is 6.32. The molecule has 0 aliphatic carbocycles. The maximum absolute atomic E-state index is 10.6. The third-order valence-corrected chi connectivity index (χ3v) is 2.76.